The SMILES string of the molecule is Cc1cc(Cn2cnnc2CO)no1. The number of aryl methyl sites for hydroxylation is 1. The smallest absolute Gasteiger partial charge is 0.158 e. The number of hydrogen-bond acceptors (Lipinski definition) is 5. The Morgan fingerprint density at radius 3 is 3.07 bits per heavy atom. The second kappa shape index (κ2) is 3.59. The zero-order valence-electron chi connectivity index (χ0n) is 7.71. The highest BCUT2D eigenvalue weighted by molar-refractivity contribution is 5.04. The average molecular weight is 194 g/mol. The van der Waals surface area contributed by atoms with Gasteiger partial charge in [-0.25, -0.2) is 0 Å². The minimum atomic E-state index is -0.128. The molecule has 6 nitrogen and oxygen atoms in total. The zero-order chi connectivity index (χ0) is 9.97. The number of aliphatic hydroxyl groups excluding tert-OH is 1. The van der Waals surface area contributed by atoms with Gasteiger partial charge in [-0.05, 0) is 6.92 Å². The number of nitrogens with zero attached hydrogens (tertiary/aromatic N) is 4. The molecule has 14 heavy (non-hydrogen) atoms. The van der Waals surface area contributed by atoms with E-state index in [0.29, 0.717) is 12.4 Å². The predicted octanol–water partition coefficient (Wildman–Crippen LogP) is 0.115. The first-order valence-corrected chi connectivity index (χ1v) is 4.19. The standard InChI is InChI=1S/C8H10N4O2/c1-6-2-7(11-14-6)3-12-5-9-10-8(12)4-13/h2,5,13H,3-4H2,1H3. The van der Waals surface area contributed by atoms with Crippen molar-refractivity contribution in [1.82, 2.24) is 19.9 Å². The van der Waals surface area contributed by atoms with E-state index in [1.165, 1.54) is 0 Å². The fourth-order valence-corrected chi connectivity index (χ4v) is 1.20. The lowest BCUT2D eigenvalue weighted by Crippen LogP contribution is -2.04. The van der Waals surface area contributed by atoms with Gasteiger partial charge in [0, 0.05) is 6.07 Å². The molecule has 0 spiro atoms. The predicted molar refractivity (Wildman–Crippen MR) is 46.3 cm³/mol. The number of rotatable bonds is 3. The summed E-state index contributed by atoms with van der Waals surface area (Å²) in [6.07, 6.45) is 1.55. The topological polar surface area (TPSA) is 77.0 Å². The van der Waals surface area contributed by atoms with Crippen LogP contribution in [0.15, 0.2) is 16.9 Å². The molecule has 74 valence electrons. The summed E-state index contributed by atoms with van der Waals surface area (Å²) in [6.45, 7) is 2.21. The van der Waals surface area contributed by atoms with E-state index in [-0.39, 0.29) is 6.61 Å². The van der Waals surface area contributed by atoms with Crippen molar-refractivity contribution < 1.29 is 9.63 Å². The van der Waals surface area contributed by atoms with Crippen LogP contribution in [0.5, 0.6) is 0 Å². The van der Waals surface area contributed by atoms with E-state index in [4.69, 9.17) is 9.63 Å². The van der Waals surface area contributed by atoms with Crippen LogP contribution < -0.4 is 0 Å². The number of hydrogen-bond donors (Lipinski definition) is 1. The molecule has 2 rings (SSSR count). The molecule has 0 amide bonds. The van der Waals surface area contributed by atoms with Gasteiger partial charge < -0.3 is 14.2 Å². The molecule has 6 heteroatoms. The molecular weight excluding hydrogens is 184 g/mol. The average Bonchev–Trinajstić information content (AvgIpc) is 2.76. The second-order valence-electron chi connectivity index (χ2n) is 2.96. The van der Waals surface area contributed by atoms with Crippen molar-refractivity contribution in [3.8, 4) is 0 Å². The van der Waals surface area contributed by atoms with Crippen molar-refractivity contribution in [2.75, 3.05) is 0 Å². The highest BCUT2D eigenvalue weighted by Crippen LogP contribution is 2.05. The van der Waals surface area contributed by atoms with Crippen LogP contribution in [0.3, 0.4) is 0 Å². The lowest BCUT2D eigenvalue weighted by Gasteiger charge is -1.99. The summed E-state index contributed by atoms with van der Waals surface area (Å²) in [4.78, 5) is 0. The molecule has 0 bridgehead atoms. The summed E-state index contributed by atoms with van der Waals surface area (Å²) in [6, 6.07) is 1.83. The third-order valence-corrected chi connectivity index (χ3v) is 1.85. The lowest BCUT2D eigenvalue weighted by atomic mass is 10.4. The molecule has 0 fully saturated rings. The maximum Gasteiger partial charge on any atom is 0.158 e. The Bertz CT molecular complexity index is 420. The van der Waals surface area contributed by atoms with Gasteiger partial charge in [0.1, 0.15) is 24.4 Å². The fraction of sp³-hybridized carbons (Fsp3) is 0.375. The van der Waals surface area contributed by atoms with E-state index >= 15 is 0 Å². The van der Waals surface area contributed by atoms with Gasteiger partial charge in [-0.1, -0.05) is 5.16 Å². The van der Waals surface area contributed by atoms with Gasteiger partial charge in [-0.15, -0.1) is 10.2 Å². The Kier molecular flexibility index (Phi) is 2.28. The molecule has 0 aliphatic heterocycles. The Balaban J connectivity index is 2.18. The van der Waals surface area contributed by atoms with Crippen LogP contribution in [0.1, 0.15) is 17.3 Å². The number of aliphatic hydroxyl groups is 1. The molecule has 0 saturated heterocycles. The third-order valence-electron chi connectivity index (χ3n) is 1.85. The Morgan fingerprint density at radius 2 is 2.43 bits per heavy atom. The molecule has 0 aromatic carbocycles. The van der Waals surface area contributed by atoms with Crippen LogP contribution in [0.25, 0.3) is 0 Å². The van der Waals surface area contributed by atoms with Crippen LogP contribution in [-0.4, -0.2) is 25.0 Å². The highest BCUT2D eigenvalue weighted by atomic mass is 16.5. The molecule has 2 aromatic rings. The molecule has 0 aliphatic carbocycles. The summed E-state index contributed by atoms with van der Waals surface area (Å²) in [5.74, 6) is 1.28. The minimum absolute atomic E-state index is 0.128. The quantitative estimate of drug-likeness (QED) is 0.750. The molecule has 2 heterocycles. The van der Waals surface area contributed by atoms with Crippen LogP contribution in [0, 0.1) is 6.92 Å². The van der Waals surface area contributed by atoms with E-state index in [2.05, 4.69) is 15.4 Å². The van der Waals surface area contributed by atoms with Crippen LogP contribution in [-0.2, 0) is 13.2 Å². The summed E-state index contributed by atoms with van der Waals surface area (Å²) in [5.41, 5.74) is 0.789. The van der Waals surface area contributed by atoms with E-state index < -0.39 is 0 Å². The van der Waals surface area contributed by atoms with Crippen molar-refractivity contribution >= 4 is 0 Å². The first-order valence-electron chi connectivity index (χ1n) is 4.19. The summed E-state index contributed by atoms with van der Waals surface area (Å²) in [5, 5.41) is 20.2. The van der Waals surface area contributed by atoms with Gasteiger partial charge in [-0.3, -0.25) is 0 Å². The first kappa shape index (κ1) is 8.89. The molecule has 0 atom stereocenters. The van der Waals surface area contributed by atoms with Gasteiger partial charge >= 0.3 is 0 Å². The van der Waals surface area contributed by atoms with Crippen LogP contribution in [0.4, 0.5) is 0 Å². The lowest BCUT2D eigenvalue weighted by molar-refractivity contribution is 0.265. The highest BCUT2D eigenvalue weighted by Gasteiger charge is 2.05. The molecule has 0 unspecified atom stereocenters. The largest absolute Gasteiger partial charge is 0.388 e. The maximum absolute atomic E-state index is 8.92. The molecule has 0 saturated carbocycles. The van der Waals surface area contributed by atoms with Crippen molar-refractivity contribution in [3.05, 3.63) is 29.7 Å². The fourth-order valence-electron chi connectivity index (χ4n) is 1.20. The maximum atomic E-state index is 8.92. The van der Waals surface area contributed by atoms with Crippen molar-refractivity contribution in [3.63, 3.8) is 0 Å². The molecule has 1 N–H and O–H groups in total. The van der Waals surface area contributed by atoms with E-state index in [9.17, 15) is 0 Å². The summed E-state index contributed by atoms with van der Waals surface area (Å²) < 4.78 is 6.64. The Labute approximate surface area is 80.2 Å². The van der Waals surface area contributed by atoms with Crippen LogP contribution >= 0.6 is 0 Å². The molecular formula is C8H10N4O2. The molecule has 2 aromatic heterocycles. The van der Waals surface area contributed by atoms with Crippen molar-refractivity contribution in [2.45, 2.75) is 20.1 Å². The van der Waals surface area contributed by atoms with Gasteiger partial charge in [0.05, 0.1) is 6.54 Å². The Hall–Kier alpha value is -1.69. The summed E-state index contributed by atoms with van der Waals surface area (Å²) >= 11 is 0. The van der Waals surface area contributed by atoms with Gasteiger partial charge in [0.2, 0.25) is 0 Å². The van der Waals surface area contributed by atoms with Crippen molar-refractivity contribution in [1.29, 1.82) is 0 Å². The van der Waals surface area contributed by atoms with Crippen molar-refractivity contribution in [2.24, 2.45) is 0 Å². The van der Waals surface area contributed by atoms with Crippen LogP contribution in [0.2, 0.25) is 0 Å². The third kappa shape index (κ3) is 1.64. The zero-order valence-corrected chi connectivity index (χ0v) is 7.71. The molecule has 0 aliphatic rings. The summed E-state index contributed by atoms with van der Waals surface area (Å²) in [7, 11) is 0. The van der Waals surface area contributed by atoms with E-state index in [1.54, 1.807) is 10.9 Å². The molecule has 0 radical (unpaired) electrons. The van der Waals surface area contributed by atoms with Gasteiger partial charge in [-0.2, -0.15) is 0 Å². The normalized spacial score (nSPS) is 10.7. The first-order chi connectivity index (χ1) is 6.79. The Morgan fingerprint density at radius 1 is 1.57 bits per heavy atom. The monoisotopic (exact) mass is 194 g/mol. The van der Waals surface area contributed by atoms with Gasteiger partial charge in [0.15, 0.2) is 5.82 Å². The minimum Gasteiger partial charge on any atom is -0.388 e. The second-order valence-corrected chi connectivity index (χ2v) is 2.96. The number of aromatic nitrogens is 4. The van der Waals surface area contributed by atoms with E-state index in [0.717, 1.165) is 11.5 Å². The van der Waals surface area contributed by atoms with Gasteiger partial charge in [0.25, 0.3) is 0 Å². The van der Waals surface area contributed by atoms with E-state index in [1.807, 2.05) is 13.0 Å².